The molecule has 2 heteroatoms. The van der Waals surface area contributed by atoms with Gasteiger partial charge in [-0.25, -0.2) is 4.39 Å². The van der Waals surface area contributed by atoms with Crippen LogP contribution < -0.4 is 0 Å². The third-order valence-corrected chi connectivity index (χ3v) is 4.29. The molecule has 0 unspecified atom stereocenters. The van der Waals surface area contributed by atoms with Gasteiger partial charge in [0.1, 0.15) is 0 Å². The van der Waals surface area contributed by atoms with Gasteiger partial charge in [-0.15, -0.1) is 0 Å². The zero-order valence-electron chi connectivity index (χ0n) is 10.7. The van der Waals surface area contributed by atoms with Crippen molar-refractivity contribution in [2.45, 2.75) is 32.3 Å². The maximum absolute atomic E-state index is 13.4. The molecule has 96 valence electrons. The van der Waals surface area contributed by atoms with Crippen molar-refractivity contribution < 1.29 is 9.13 Å². The maximum Gasteiger partial charge on any atom is 0.0962 e. The minimum Gasteiger partial charge on any atom is -0.373 e. The molecule has 1 fully saturated rings. The smallest absolute Gasteiger partial charge is 0.0962 e. The highest BCUT2D eigenvalue weighted by atomic mass is 19.1. The van der Waals surface area contributed by atoms with Crippen LogP contribution in [0.25, 0.3) is 0 Å². The third kappa shape index (κ3) is 2.22. The Bertz CT molecular complexity index is 466. The maximum atomic E-state index is 13.4. The molecule has 0 N–H and O–H groups in total. The van der Waals surface area contributed by atoms with E-state index in [0.717, 1.165) is 19.4 Å². The lowest BCUT2D eigenvalue weighted by molar-refractivity contribution is -0.0427. The molecule has 0 amide bonds. The number of benzene rings is 1. The summed E-state index contributed by atoms with van der Waals surface area (Å²) in [5.41, 5.74) is 2.52. The first-order valence-corrected chi connectivity index (χ1v) is 6.77. The molecule has 18 heavy (non-hydrogen) atoms. The van der Waals surface area contributed by atoms with Crippen LogP contribution in [0.1, 0.15) is 36.5 Å². The topological polar surface area (TPSA) is 9.23 Å². The van der Waals surface area contributed by atoms with E-state index in [1.165, 1.54) is 11.1 Å². The van der Waals surface area contributed by atoms with Crippen LogP contribution in [-0.4, -0.2) is 6.61 Å². The van der Waals surface area contributed by atoms with Crippen LogP contribution >= 0.6 is 0 Å². The minimum atomic E-state index is 0.0710. The highest BCUT2D eigenvalue weighted by Gasteiger charge is 2.33. The van der Waals surface area contributed by atoms with Crippen molar-refractivity contribution >= 4 is 0 Å². The van der Waals surface area contributed by atoms with Gasteiger partial charge in [0.25, 0.3) is 0 Å². The molecule has 1 nitrogen and oxygen atoms in total. The monoisotopic (exact) mass is 246 g/mol. The van der Waals surface area contributed by atoms with Gasteiger partial charge in [-0.2, -0.15) is 0 Å². The van der Waals surface area contributed by atoms with Crippen LogP contribution in [0.5, 0.6) is 0 Å². The van der Waals surface area contributed by atoms with E-state index in [0.29, 0.717) is 18.3 Å². The summed E-state index contributed by atoms with van der Waals surface area (Å²) in [5.74, 6) is 0.948. The fourth-order valence-electron chi connectivity index (χ4n) is 3.18. The summed E-state index contributed by atoms with van der Waals surface area (Å²) in [5, 5.41) is 0. The van der Waals surface area contributed by atoms with E-state index >= 15 is 0 Å². The Kier molecular flexibility index (Phi) is 3.21. The second kappa shape index (κ2) is 4.85. The van der Waals surface area contributed by atoms with E-state index < -0.39 is 0 Å². The largest absolute Gasteiger partial charge is 0.373 e. The second-order valence-corrected chi connectivity index (χ2v) is 5.49. The molecule has 1 aliphatic carbocycles. The molecule has 1 heterocycles. The summed E-state index contributed by atoms with van der Waals surface area (Å²) in [4.78, 5) is 0. The predicted molar refractivity (Wildman–Crippen MR) is 69.9 cm³/mol. The lowest BCUT2D eigenvalue weighted by atomic mass is 9.77. The average Bonchev–Trinajstić information content (AvgIpc) is 2.38. The van der Waals surface area contributed by atoms with Crippen LogP contribution in [0.4, 0.5) is 4.39 Å². The van der Waals surface area contributed by atoms with Gasteiger partial charge < -0.3 is 4.74 Å². The van der Waals surface area contributed by atoms with Gasteiger partial charge in [0.15, 0.2) is 0 Å². The van der Waals surface area contributed by atoms with Crippen molar-refractivity contribution in [3.05, 3.63) is 47.3 Å². The quantitative estimate of drug-likeness (QED) is 0.716. The van der Waals surface area contributed by atoms with Crippen molar-refractivity contribution in [2.24, 2.45) is 11.8 Å². The van der Waals surface area contributed by atoms with Gasteiger partial charge in [-0.1, -0.05) is 24.3 Å². The number of fused-ring (bicyclic) bond motifs is 1. The normalized spacial score (nSPS) is 31.7. The van der Waals surface area contributed by atoms with Crippen molar-refractivity contribution in [3.8, 4) is 0 Å². The summed E-state index contributed by atoms with van der Waals surface area (Å²) in [6.45, 7) is 2.88. The molecule has 0 saturated carbocycles. The Balaban J connectivity index is 1.81. The minimum absolute atomic E-state index is 0.0710. The number of hydrogen-bond acceptors (Lipinski definition) is 1. The number of allylic oxidation sites excluding steroid dienone is 2. The Hall–Kier alpha value is -1.15. The van der Waals surface area contributed by atoms with Gasteiger partial charge >= 0.3 is 0 Å². The molecule has 3 rings (SSSR count). The Morgan fingerprint density at radius 2 is 2.11 bits per heavy atom. The predicted octanol–water partition coefficient (Wildman–Crippen LogP) is 4.34. The lowest BCUT2D eigenvalue weighted by Crippen LogP contribution is -2.30. The SMILES string of the molecule is Cc1ccccc1[C@H]1C[C@H]2C=C(F)CC[C@@H]2CO1. The number of hydrogen-bond donors (Lipinski definition) is 0. The molecule has 1 aromatic carbocycles. The van der Waals surface area contributed by atoms with E-state index in [9.17, 15) is 4.39 Å². The van der Waals surface area contributed by atoms with Crippen molar-refractivity contribution in [1.29, 1.82) is 0 Å². The molecule has 0 aromatic heterocycles. The lowest BCUT2D eigenvalue weighted by Gasteiger charge is -2.37. The number of halogens is 1. The van der Waals surface area contributed by atoms with Crippen LogP contribution in [-0.2, 0) is 4.74 Å². The Morgan fingerprint density at radius 3 is 2.94 bits per heavy atom. The van der Waals surface area contributed by atoms with Crippen molar-refractivity contribution in [2.75, 3.05) is 6.61 Å². The summed E-state index contributed by atoms with van der Waals surface area (Å²) in [7, 11) is 0. The molecule has 0 radical (unpaired) electrons. The second-order valence-electron chi connectivity index (χ2n) is 5.49. The zero-order valence-corrected chi connectivity index (χ0v) is 10.7. The van der Waals surface area contributed by atoms with E-state index in [1.54, 1.807) is 0 Å². The molecule has 0 bridgehead atoms. The highest BCUT2D eigenvalue weighted by Crippen LogP contribution is 2.41. The summed E-state index contributed by atoms with van der Waals surface area (Å²) in [6, 6.07) is 8.34. The van der Waals surface area contributed by atoms with Crippen LogP contribution in [0.15, 0.2) is 36.2 Å². The van der Waals surface area contributed by atoms with Crippen LogP contribution in [0.3, 0.4) is 0 Å². The molecule has 1 aliphatic heterocycles. The fraction of sp³-hybridized carbons (Fsp3) is 0.500. The average molecular weight is 246 g/mol. The first-order valence-electron chi connectivity index (χ1n) is 6.77. The first-order chi connectivity index (χ1) is 8.74. The van der Waals surface area contributed by atoms with Crippen molar-refractivity contribution in [1.82, 2.24) is 0 Å². The van der Waals surface area contributed by atoms with Gasteiger partial charge in [0.05, 0.1) is 18.5 Å². The van der Waals surface area contributed by atoms with Gasteiger partial charge in [-0.3, -0.25) is 0 Å². The molecule has 1 aromatic rings. The number of ether oxygens (including phenoxy) is 1. The summed E-state index contributed by atoms with van der Waals surface area (Å²) < 4.78 is 19.4. The molecule has 0 spiro atoms. The Labute approximate surface area is 108 Å². The fourth-order valence-corrected chi connectivity index (χ4v) is 3.18. The Morgan fingerprint density at radius 1 is 1.28 bits per heavy atom. The summed E-state index contributed by atoms with van der Waals surface area (Å²) >= 11 is 0. The third-order valence-electron chi connectivity index (χ3n) is 4.29. The number of aryl methyl sites for hydroxylation is 1. The van der Waals surface area contributed by atoms with E-state index in [4.69, 9.17) is 4.74 Å². The zero-order chi connectivity index (χ0) is 12.5. The molecule has 3 atom stereocenters. The van der Waals surface area contributed by atoms with E-state index in [2.05, 4.69) is 25.1 Å². The van der Waals surface area contributed by atoms with Gasteiger partial charge in [0, 0.05) is 0 Å². The molecular formula is C16H19FO. The molecule has 2 aliphatic rings. The molecular weight excluding hydrogens is 227 g/mol. The van der Waals surface area contributed by atoms with E-state index in [1.807, 2.05) is 12.1 Å². The van der Waals surface area contributed by atoms with E-state index in [-0.39, 0.29) is 11.9 Å². The van der Waals surface area contributed by atoms with Gasteiger partial charge in [-0.05, 0) is 55.2 Å². The van der Waals surface area contributed by atoms with Crippen LogP contribution in [0.2, 0.25) is 0 Å². The standard InChI is InChI=1S/C16H19FO/c1-11-4-2-3-5-15(11)16-9-13-8-14(17)7-6-12(13)10-18-16/h2-5,8,12-13,16H,6-7,9-10H2,1H3/t12-,13-,16-/m1/s1. The number of rotatable bonds is 1. The van der Waals surface area contributed by atoms with Gasteiger partial charge in [0.2, 0.25) is 0 Å². The first kappa shape index (κ1) is 11.9. The van der Waals surface area contributed by atoms with Crippen molar-refractivity contribution in [3.63, 3.8) is 0 Å². The highest BCUT2D eigenvalue weighted by molar-refractivity contribution is 5.28. The summed E-state index contributed by atoms with van der Waals surface area (Å²) in [6.07, 6.45) is 4.42. The van der Waals surface area contributed by atoms with Crippen LogP contribution in [0, 0.1) is 18.8 Å². The molecule has 1 saturated heterocycles.